The Kier molecular flexibility index (Phi) is 3.67. The van der Waals surface area contributed by atoms with Crippen LogP contribution in [0.5, 0.6) is 0 Å². The van der Waals surface area contributed by atoms with E-state index in [1.54, 1.807) is 13.3 Å². The molecule has 5 heteroatoms. The molecule has 66 valence electrons. The minimum Gasteiger partial charge on any atom is -0.383 e. The highest BCUT2D eigenvalue weighted by molar-refractivity contribution is 14.1. The average Bonchev–Trinajstić information content (AvgIpc) is 2.08. The number of halogens is 1. The maximum absolute atomic E-state index is 11.3. The van der Waals surface area contributed by atoms with Gasteiger partial charge in [0, 0.05) is 13.3 Å². The average molecular weight is 280 g/mol. The van der Waals surface area contributed by atoms with Gasteiger partial charge in [0.1, 0.15) is 0 Å². The molecule has 0 bridgehead atoms. The van der Waals surface area contributed by atoms with Gasteiger partial charge >= 0.3 is 0 Å². The van der Waals surface area contributed by atoms with Gasteiger partial charge in [-0.3, -0.25) is 9.36 Å². The van der Waals surface area contributed by atoms with E-state index in [9.17, 15) is 4.79 Å². The molecular weight excluding hydrogens is 271 g/mol. The lowest BCUT2D eigenvalue weighted by atomic mass is 10.6. The Hall–Kier alpha value is -0.430. The number of nitrogens with zero attached hydrogens (tertiary/aromatic N) is 2. The van der Waals surface area contributed by atoms with E-state index in [-0.39, 0.29) is 5.56 Å². The van der Waals surface area contributed by atoms with Crippen molar-refractivity contribution in [3.05, 3.63) is 26.4 Å². The predicted molar refractivity (Wildman–Crippen MR) is 53.1 cm³/mol. The molecule has 1 aromatic heterocycles. The second-order valence-electron chi connectivity index (χ2n) is 2.23. The predicted octanol–water partition coefficient (Wildman–Crippen LogP) is 0.494. The third kappa shape index (κ3) is 2.28. The first-order valence-corrected chi connectivity index (χ1v) is 4.52. The zero-order chi connectivity index (χ0) is 8.97. The molecule has 1 heterocycles. The molecule has 1 aromatic rings. The van der Waals surface area contributed by atoms with Crippen molar-refractivity contribution < 1.29 is 4.74 Å². The van der Waals surface area contributed by atoms with Gasteiger partial charge in [0.05, 0.1) is 23.0 Å². The monoisotopic (exact) mass is 280 g/mol. The van der Waals surface area contributed by atoms with Crippen molar-refractivity contribution in [3.63, 3.8) is 0 Å². The van der Waals surface area contributed by atoms with E-state index >= 15 is 0 Å². The molecule has 0 aromatic carbocycles. The zero-order valence-corrected chi connectivity index (χ0v) is 8.82. The fourth-order valence-electron chi connectivity index (χ4n) is 0.773. The van der Waals surface area contributed by atoms with Crippen LogP contribution in [0.3, 0.4) is 0 Å². The summed E-state index contributed by atoms with van der Waals surface area (Å²) >= 11 is 1.97. The van der Waals surface area contributed by atoms with Gasteiger partial charge in [-0.2, -0.15) is 0 Å². The second-order valence-corrected chi connectivity index (χ2v) is 3.40. The zero-order valence-electron chi connectivity index (χ0n) is 6.66. The Labute approximate surface area is 83.7 Å². The summed E-state index contributed by atoms with van der Waals surface area (Å²) in [5.74, 6) is 0. The molecule has 0 atom stereocenters. The molecule has 12 heavy (non-hydrogen) atoms. The Morgan fingerprint density at radius 2 is 2.50 bits per heavy atom. The first-order valence-electron chi connectivity index (χ1n) is 3.44. The van der Waals surface area contributed by atoms with Gasteiger partial charge in [-0.25, -0.2) is 4.98 Å². The quantitative estimate of drug-likeness (QED) is 0.757. The maximum atomic E-state index is 11.3. The lowest BCUT2D eigenvalue weighted by Crippen LogP contribution is -2.24. The van der Waals surface area contributed by atoms with Gasteiger partial charge < -0.3 is 4.74 Å². The summed E-state index contributed by atoms with van der Waals surface area (Å²) < 4.78 is 7.01. The third-order valence-electron chi connectivity index (χ3n) is 1.40. The molecule has 0 radical (unpaired) electrons. The molecule has 0 saturated heterocycles. The standard InChI is InChI=1S/C7H9IN2O2/c1-12-3-2-10-5-9-4-6(8)7(10)11/h4-5H,2-3H2,1H3. The summed E-state index contributed by atoms with van der Waals surface area (Å²) in [6, 6.07) is 0. The van der Waals surface area contributed by atoms with Crippen LogP contribution in [0.4, 0.5) is 0 Å². The highest BCUT2D eigenvalue weighted by Crippen LogP contribution is 1.92. The normalized spacial score (nSPS) is 10.2. The SMILES string of the molecule is COCCn1cncc(I)c1=O. The molecular formula is C7H9IN2O2. The van der Waals surface area contributed by atoms with Crippen LogP contribution in [0.1, 0.15) is 0 Å². The van der Waals surface area contributed by atoms with E-state index in [2.05, 4.69) is 4.98 Å². The highest BCUT2D eigenvalue weighted by atomic mass is 127. The van der Waals surface area contributed by atoms with Gasteiger partial charge in [0.25, 0.3) is 5.56 Å². The molecule has 4 nitrogen and oxygen atoms in total. The first-order chi connectivity index (χ1) is 5.75. The van der Waals surface area contributed by atoms with Crippen molar-refractivity contribution in [1.29, 1.82) is 0 Å². The summed E-state index contributed by atoms with van der Waals surface area (Å²) in [6.07, 6.45) is 3.07. The largest absolute Gasteiger partial charge is 0.383 e. The summed E-state index contributed by atoms with van der Waals surface area (Å²) in [7, 11) is 1.60. The molecule has 0 spiro atoms. The van der Waals surface area contributed by atoms with Crippen LogP contribution in [0.2, 0.25) is 0 Å². The molecule has 0 amide bonds. The van der Waals surface area contributed by atoms with Crippen molar-refractivity contribution in [3.8, 4) is 0 Å². The van der Waals surface area contributed by atoms with Crippen molar-refractivity contribution in [2.45, 2.75) is 6.54 Å². The summed E-state index contributed by atoms with van der Waals surface area (Å²) in [5.41, 5.74) is -0.0114. The van der Waals surface area contributed by atoms with Crippen LogP contribution in [0.25, 0.3) is 0 Å². The lowest BCUT2D eigenvalue weighted by molar-refractivity contribution is 0.185. The van der Waals surface area contributed by atoms with Crippen LogP contribution in [-0.2, 0) is 11.3 Å². The highest BCUT2D eigenvalue weighted by Gasteiger charge is 1.98. The van der Waals surface area contributed by atoms with E-state index in [0.717, 1.165) is 0 Å². The van der Waals surface area contributed by atoms with Gasteiger partial charge in [-0.1, -0.05) is 0 Å². The van der Waals surface area contributed by atoms with Crippen molar-refractivity contribution in [1.82, 2.24) is 9.55 Å². The van der Waals surface area contributed by atoms with Gasteiger partial charge in [0.15, 0.2) is 0 Å². The number of aromatic nitrogens is 2. The van der Waals surface area contributed by atoms with Gasteiger partial charge in [0.2, 0.25) is 0 Å². The molecule has 0 aliphatic rings. The smallest absolute Gasteiger partial charge is 0.266 e. The van der Waals surface area contributed by atoms with Crippen LogP contribution in [0, 0.1) is 3.57 Å². The summed E-state index contributed by atoms with van der Waals surface area (Å²) in [6.45, 7) is 1.08. The molecule has 1 rings (SSSR count). The van der Waals surface area contributed by atoms with Crippen LogP contribution >= 0.6 is 22.6 Å². The molecule has 0 saturated carbocycles. The number of methoxy groups -OCH3 is 1. The Bertz CT molecular complexity index is 311. The summed E-state index contributed by atoms with van der Waals surface area (Å²) in [5, 5.41) is 0. The lowest BCUT2D eigenvalue weighted by Gasteiger charge is -2.02. The first kappa shape index (κ1) is 9.66. The molecule has 0 N–H and O–H groups in total. The van der Waals surface area contributed by atoms with E-state index < -0.39 is 0 Å². The van der Waals surface area contributed by atoms with Gasteiger partial charge in [-0.05, 0) is 22.6 Å². The Morgan fingerprint density at radius 1 is 1.75 bits per heavy atom. The van der Waals surface area contributed by atoms with Crippen LogP contribution in [-0.4, -0.2) is 23.3 Å². The second kappa shape index (κ2) is 4.56. The number of ether oxygens (including phenoxy) is 1. The van der Waals surface area contributed by atoms with E-state index in [1.807, 2.05) is 22.6 Å². The topological polar surface area (TPSA) is 44.1 Å². The maximum Gasteiger partial charge on any atom is 0.266 e. The van der Waals surface area contributed by atoms with E-state index in [0.29, 0.717) is 16.7 Å². The summed E-state index contributed by atoms with van der Waals surface area (Å²) in [4.78, 5) is 15.2. The van der Waals surface area contributed by atoms with E-state index in [4.69, 9.17) is 4.74 Å². The Balaban J connectivity index is 2.85. The molecule has 0 aliphatic carbocycles. The minimum atomic E-state index is -0.0114. The van der Waals surface area contributed by atoms with Crippen molar-refractivity contribution >= 4 is 22.6 Å². The number of rotatable bonds is 3. The molecule has 0 fully saturated rings. The number of hydrogen-bond donors (Lipinski definition) is 0. The van der Waals surface area contributed by atoms with Gasteiger partial charge in [-0.15, -0.1) is 0 Å². The molecule has 0 unspecified atom stereocenters. The Morgan fingerprint density at radius 3 is 3.17 bits per heavy atom. The fourth-order valence-corrected chi connectivity index (χ4v) is 1.24. The van der Waals surface area contributed by atoms with Crippen molar-refractivity contribution in [2.75, 3.05) is 13.7 Å². The van der Waals surface area contributed by atoms with E-state index in [1.165, 1.54) is 10.9 Å². The van der Waals surface area contributed by atoms with Crippen LogP contribution < -0.4 is 5.56 Å². The number of hydrogen-bond acceptors (Lipinski definition) is 3. The third-order valence-corrected chi connectivity index (χ3v) is 2.14. The fraction of sp³-hybridized carbons (Fsp3) is 0.429. The van der Waals surface area contributed by atoms with Crippen LogP contribution in [0.15, 0.2) is 17.3 Å². The minimum absolute atomic E-state index is 0.0114. The van der Waals surface area contributed by atoms with Crippen molar-refractivity contribution in [2.24, 2.45) is 0 Å². The molecule has 0 aliphatic heterocycles.